The summed E-state index contributed by atoms with van der Waals surface area (Å²) in [5, 5.41) is 2.55. The van der Waals surface area contributed by atoms with Crippen LogP contribution in [0.25, 0.3) is 0 Å². The zero-order chi connectivity index (χ0) is 11.5. The van der Waals surface area contributed by atoms with Gasteiger partial charge in [-0.25, -0.2) is 4.90 Å². The fourth-order valence-electron chi connectivity index (χ4n) is 1.75. The Morgan fingerprint density at radius 3 is 2.73 bits per heavy atom. The van der Waals surface area contributed by atoms with E-state index in [0.717, 1.165) is 6.42 Å². The molecule has 1 atom stereocenters. The van der Waals surface area contributed by atoms with Crippen LogP contribution >= 0.6 is 0 Å². The molecular weight excluding hydrogens is 209 g/mol. The van der Waals surface area contributed by atoms with Gasteiger partial charge in [-0.2, -0.15) is 13.2 Å². The minimum Gasteiger partial charge on any atom is -0.356 e. The van der Waals surface area contributed by atoms with Crippen LogP contribution in [0.1, 0.15) is 19.8 Å². The summed E-state index contributed by atoms with van der Waals surface area (Å²) in [5.41, 5.74) is 0. The maximum Gasteiger partial charge on any atom is 0.459 e. The fraction of sp³-hybridized carbons (Fsp3) is 0.889. The molecule has 15 heavy (non-hydrogen) atoms. The molecule has 0 spiro atoms. The minimum absolute atomic E-state index is 0.0101. The van der Waals surface area contributed by atoms with E-state index in [1.54, 1.807) is 0 Å². The molecule has 0 aromatic carbocycles. The molecule has 1 fully saturated rings. The van der Waals surface area contributed by atoms with Crippen molar-refractivity contribution in [1.29, 1.82) is 0 Å². The number of hydrogen-bond donors (Lipinski definition) is 1. The summed E-state index contributed by atoms with van der Waals surface area (Å²) in [6, 6.07) is 0. The minimum atomic E-state index is -4.24. The maximum atomic E-state index is 12.4. The van der Waals surface area contributed by atoms with E-state index >= 15 is 0 Å². The Labute approximate surface area is 86.6 Å². The van der Waals surface area contributed by atoms with E-state index in [2.05, 4.69) is 5.32 Å². The van der Waals surface area contributed by atoms with Crippen molar-refractivity contribution in [1.82, 2.24) is 10.2 Å². The topological polar surface area (TPSA) is 32.3 Å². The standard InChI is InChI=1S/C9H15F3N2O/c1-7(15)13-5-8-3-2-4-14(6-8)9(10,11)12/h8H,2-6H2,1H3,(H,13,15). The van der Waals surface area contributed by atoms with Crippen molar-refractivity contribution in [2.24, 2.45) is 5.92 Å². The van der Waals surface area contributed by atoms with E-state index in [1.165, 1.54) is 6.92 Å². The van der Waals surface area contributed by atoms with E-state index in [0.29, 0.717) is 17.9 Å². The Balaban J connectivity index is 2.39. The highest BCUT2D eigenvalue weighted by Crippen LogP contribution is 2.27. The second-order valence-corrected chi connectivity index (χ2v) is 3.86. The van der Waals surface area contributed by atoms with Crippen molar-refractivity contribution in [2.75, 3.05) is 19.6 Å². The highest BCUT2D eigenvalue weighted by molar-refractivity contribution is 5.72. The number of halogens is 3. The van der Waals surface area contributed by atoms with Gasteiger partial charge in [0.1, 0.15) is 0 Å². The van der Waals surface area contributed by atoms with Gasteiger partial charge in [-0.3, -0.25) is 4.79 Å². The Bertz CT molecular complexity index is 230. The van der Waals surface area contributed by atoms with Gasteiger partial charge in [-0.15, -0.1) is 0 Å². The molecule has 1 N–H and O–H groups in total. The highest BCUT2D eigenvalue weighted by atomic mass is 19.4. The number of hydrogen-bond acceptors (Lipinski definition) is 2. The number of nitrogens with zero attached hydrogens (tertiary/aromatic N) is 1. The third-order valence-electron chi connectivity index (χ3n) is 2.52. The van der Waals surface area contributed by atoms with Crippen LogP contribution in [0.3, 0.4) is 0 Å². The number of alkyl halides is 3. The van der Waals surface area contributed by atoms with E-state index in [1.807, 2.05) is 0 Å². The third-order valence-corrected chi connectivity index (χ3v) is 2.52. The number of piperidine rings is 1. The van der Waals surface area contributed by atoms with Crippen LogP contribution in [0, 0.1) is 5.92 Å². The number of nitrogens with one attached hydrogen (secondary N) is 1. The van der Waals surface area contributed by atoms with E-state index in [-0.39, 0.29) is 24.9 Å². The average Bonchev–Trinajstić information content (AvgIpc) is 2.14. The molecule has 1 rings (SSSR count). The Hall–Kier alpha value is -0.780. The second-order valence-electron chi connectivity index (χ2n) is 3.86. The summed E-state index contributed by atoms with van der Waals surface area (Å²) in [6.45, 7) is 1.76. The zero-order valence-electron chi connectivity index (χ0n) is 8.60. The second kappa shape index (κ2) is 4.83. The predicted octanol–water partition coefficient (Wildman–Crippen LogP) is 1.35. The molecule has 88 valence electrons. The van der Waals surface area contributed by atoms with Gasteiger partial charge in [-0.1, -0.05) is 0 Å². The first kappa shape index (κ1) is 12.3. The lowest BCUT2D eigenvalue weighted by Crippen LogP contribution is -2.47. The fourth-order valence-corrected chi connectivity index (χ4v) is 1.75. The molecule has 1 amide bonds. The third kappa shape index (κ3) is 4.07. The zero-order valence-corrected chi connectivity index (χ0v) is 8.60. The highest BCUT2D eigenvalue weighted by Gasteiger charge is 2.39. The number of carbonyl (C=O) groups excluding carboxylic acids is 1. The van der Waals surface area contributed by atoms with Gasteiger partial charge in [0.2, 0.25) is 5.91 Å². The van der Waals surface area contributed by atoms with Gasteiger partial charge in [-0.05, 0) is 18.8 Å². The van der Waals surface area contributed by atoms with Crippen LogP contribution < -0.4 is 5.32 Å². The van der Waals surface area contributed by atoms with Crippen LogP contribution in [-0.4, -0.2) is 36.7 Å². The summed E-state index contributed by atoms with van der Waals surface area (Å²) in [6.07, 6.45) is -2.97. The van der Waals surface area contributed by atoms with Crippen molar-refractivity contribution in [3.8, 4) is 0 Å². The molecule has 0 aliphatic carbocycles. The molecule has 1 aliphatic heterocycles. The molecule has 0 saturated carbocycles. The molecule has 1 heterocycles. The Morgan fingerprint density at radius 1 is 1.53 bits per heavy atom. The van der Waals surface area contributed by atoms with Crippen LogP contribution in [0.4, 0.5) is 13.2 Å². The largest absolute Gasteiger partial charge is 0.459 e. The van der Waals surface area contributed by atoms with E-state index < -0.39 is 6.30 Å². The summed E-state index contributed by atoms with van der Waals surface area (Å²) in [7, 11) is 0. The Kier molecular flexibility index (Phi) is 3.96. The van der Waals surface area contributed by atoms with E-state index in [9.17, 15) is 18.0 Å². The van der Waals surface area contributed by atoms with Crippen LogP contribution in [-0.2, 0) is 4.79 Å². The number of likely N-dealkylation sites (tertiary alicyclic amines) is 1. The van der Waals surface area contributed by atoms with Gasteiger partial charge in [0.05, 0.1) is 0 Å². The first-order valence-electron chi connectivity index (χ1n) is 4.96. The monoisotopic (exact) mass is 224 g/mol. The summed E-state index contributed by atoms with van der Waals surface area (Å²) in [4.78, 5) is 11.1. The Morgan fingerprint density at radius 2 is 2.20 bits per heavy atom. The molecule has 1 unspecified atom stereocenters. The van der Waals surface area contributed by atoms with Gasteiger partial charge >= 0.3 is 6.30 Å². The predicted molar refractivity (Wildman–Crippen MR) is 49.0 cm³/mol. The molecule has 0 aromatic rings. The molecule has 3 nitrogen and oxygen atoms in total. The van der Waals surface area contributed by atoms with Crippen molar-refractivity contribution < 1.29 is 18.0 Å². The van der Waals surface area contributed by atoms with Crippen molar-refractivity contribution in [3.05, 3.63) is 0 Å². The molecule has 0 radical (unpaired) electrons. The van der Waals surface area contributed by atoms with Gasteiger partial charge in [0, 0.05) is 26.6 Å². The first-order valence-corrected chi connectivity index (χ1v) is 4.96. The summed E-state index contributed by atoms with van der Waals surface area (Å²) >= 11 is 0. The smallest absolute Gasteiger partial charge is 0.356 e. The molecule has 0 aromatic heterocycles. The lowest BCUT2D eigenvalue weighted by molar-refractivity contribution is -0.253. The van der Waals surface area contributed by atoms with Crippen molar-refractivity contribution in [2.45, 2.75) is 26.1 Å². The van der Waals surface area contributed by atoms with Gasteiger partial charge < -0.3 is 5.32 Å². The number of rotatable bonds is 2. The maximum absolute atomic E-state index is 12.4. The summed E-state index contributed by atoms with van der Waals surface area (Å²) in [5.74, 6) is -0.289. The normalized spacial score (nSPS) is 23.9. The molecule has 1 aliphatic rings. The molecule has 0 bridgehead atoms. The molecule has 6 heteroatoms. The van der Waals surface area contributed by atoms with Crippen LogP contribution in [0.15, 0.2) is 0 Å². The quantitative estimate of drug-likeness (QED) is 0.718. The lowest BCUT2D eigenvalue weighted by atomic mass is 9.98. The van der Waals surface area contributed by atoms with Gasteiger partial charge in [0.25, 0.3) is 0 Å². The summed E-state index contributed by atoms with van der Waals surface area (Å²) < 4.78 is 37.1. The SMILES string of the molecule is CC(=O)NCC1CCCN(C(F)(F)F)C1. The molecular formula is C9H15F3N2O. The van der Waals surface area contributed by atoms with E-state index in [4.69, 9.17) is 0 Å². The van der Waals surface area contributed by atoms with Crippen LogP contribution in [0.5, 0.6) is 0 Å². The van der Waals surface area contributed by atoms with Crippen molar-refractivity contribution >= 4 is 5.91 Å². The van der Waals surface area contributed by atoms with Gasteiger partial charge in [0.15, 0.2) is 0 Å². The number of carbonyl (C=O) groups is 1. The number of amides is 1. The lowest BCUT2D eigenvalue weighted by Gasteiger charge is -2.33. The first-order chi connectivity index (χ1) is 6.89. The molecule has 1 saturated heterocycles. The average molecular weight is 224 g/mol. The van der Waals surface area contributed by atoms with Crippen LogP contribution in [0.2, 0.25) is 0 Å². The van der Waals surface area contributed by atoms with Crippen molar-refractivity contribution in [3.63, 3.8) is 0 Å².